The van der Waals surface area contributed by atoms with Gasteiger partial charge in [0, 0.05) is 24.3 Å². The van der Waals surface area contributed by atoms with Gasteiger partial charge in [-0.3, -0.25) is 4.79 Å². The SMILES string of the molecule is O=C(CNc1cccc(C#Cc2cccs2)c1)N1CCOCC1. The first-order chi connectivity index (χ1) is 11.3. The summed E-state index contributed by atoms with van der Waals surface area (Å²) < 4.78 is 5.26. The van der Waals surface area contributed by atoms with Crippen molar-refractivity contribution < 1.29 is 9.53 Å². The quantitative estimate of drug-likeness (QED) is 0.881. The van der Waals surface area contributed by atoms with Gasteiger partial charge in [-0.05, 0) is 29.6 Å². The molecule has 1 aromatic heterocycles. The normalized spacial score (nSPS) is 14.0. The molecule has 0 atom stereocenters. The summed E-state index contributed by atoms with van der Waals surface area (Å²) in [6.07, 6.45) is 0. The van der Waals surface area contributed by atoms with Crippen molar-refractivity contribution in [3.63, 3.8) is 0 Å². The number of hydrogen-bond donors (Lipinski definition) is 1. The summed E-state index contributed by atoms with van der Waals surface area (Å²) in [6.45, 7) is 2.89. The second kappa shape index (κ2) is 7.82. The summed E-state index contributed by atoms with van der Waals surface area (Å²) in [5.41, 5.74) is 1.84. The minimum Gasteiger partial charge on any atom is -0.378 e. The van der Waals surface area contributed by atoms with E-state index >= 15 is 0 Å². The molecule has 1 aliphatic heterocycles. The summed E-state index contributed by atoms with van der Waals surface area (Å²) in [4.78, 5) is 15.0. The molecule has 1 N–H and O–H groups in total. The molecular formula is C18H18N2O2S. The number of nitrogens with one attached hydrogen (secondary N) is 1. The number of morpholine rings is 1. The predicted molar refractivity (Wildman–Crippen MR) is 92.6 cm³/mol. The zero-order chi connectivity index (χ0) is 15.9. The van der Waals surface area contributed by atoms with Gasteiger partial charge in [0.05, 0.1) is 24.6 Å². The van der Waals surface area contributed by atoms with Gasteiger partial charge in [0.2, 0.25) is 5.91 Å². The van der Waals surface area contributed by atoms with Crippen LogP contribution in [-0.4, -0.2) is 43.7 Å². The Morgan fingerprint density at radius 2 is 2.09 bits per heavy atom. The van der Waals surface area contributed by atoms with Crippen LogP contribution in [0.1, 0.15) is 10.4 Å². The van der Waals surface area contributed by atoms with E-state index in [2.05, 4.69) is 17.2 Å². The molecular weight excluding hydrogens is 308 g/mol. The zero-order valence-corrected chi connectivity index (χ0v) is 13.6. The molecule has 23 heavy (non-hydrogen) atoms. The number of benzene rings is 1. The number of carbonyl (C=O) groups excluding carboxylic acids is 1. The van der Waals surface area contributed by atoms with E-state index in [1.807, 2.05) is 46.7 Å². The van der Waals surface area contributed by atoms with E-state index in [4.69, 9.17) is 4.74 Å². The van der Waals surface area contributed by atoms with E-state index in [0.29, 0.717) is 32.8 Å². The first kappa shape index (κ1) is 15.6. The monoisotopic (exact) mass is 326 g/mol. The van der Waals surface area contributed by atoms with Crippen LogP contribution in [0.5, 0.6) is 0 Å². The third-order valence-electron chi connectivity index (χ3n) is 3.52. The number of thiophene rings is 1. The molecule has 0 spiro atoms. The number of nitrogens with zero attached hydrogens (tertiary/aromatic N) is 1. The van der Waals surface area contributed by atoms with Crippen molar-refractivity contribution in [1.29, 1.82) is 0 Å². The fourth-order valence-electron chi connectivity index (χ4n) is 2.29. The van der Waals surface area contributed by atoms with Crippen LogP contribution in [0.15, 0.2) is 41.8 Å². The number of ether oxygens (including phenoxy) is 1. The Bertz CT molecular complexity index is 710. The molecule has 3 rings (SSSR count). The number of carbonyl (C=O) groups is 1. The number of rotatable bonds is 3. The summed E-state index contributed by atoms with van der Waals surface area (Å²) in [5, 5.41) is 5.19. The van der Waals surface area contributed by atoms with E-state index in [9.17, 15) is 4.79 Å². The maximum atomic E-state index is 12.1. The third kappa shape index (κ3) is 4.59. The molecule has 1 saturated heterocycles. The third-order valence-corrected chi connectivity index (χ3v) is 4.31. The number of amides is 1. The average Bonchev–Trinajstić information content (AvgIpc) is 3.12. The van der Waals surface area contributed by atoms with Gasteiger partial charge in [-0.1, -0.05) is 24.0 Å². The van der Waals surface area contributed by atoms with Crippen molar-refractivity contribution in [2.45, 2.75) is 0 Å². The summed E-state index contributed by atoms with van der Waals surface area (Å²) in [7, 11) is 0. The van der Waals surface area contributed by atoms with Crippen LogP contribution in [-0.2, 0) is 9.53 Å². The highest BCUT2D eigenvalue weighted by Crippen LogP contribution is 2.11. The van der Waals surface area contributed by atoms with E-state index in [0.717, 1.165) is 16.1 Å². The van der Waals surface area contributed by atoms with Gasteiger partial charge in [0.1, 0.15) is 0 Å². The topological polar surface area (TPSA) is 41.6 Å². The van der Waals surface area contributed by atoms with Crippen molar-refractivity contribution >= 4 is 22.9 Å². The van der Waals surface area contributed by atoms with Gasteiger partial charge in [-0.2, -0.15) is 0 Å². The van der Waals surface area contributed by atoms with Crippen LogP contribution in [0, 0.1) is 11.8 Å². The Morgan fingerprint density at radius 1 is 1.22 bits per heavy atom. The Labute approximate surface area is 140 Å². The molecule has 0 radical (unpaired) electrons. The maximum Gasteiger partial charge on any atom is 0.242 e. The first-order valence-electron chi connectivity index (χ1n) is 7.56. The highest BCUT2D eigenvalue weighted by Gasteiger charge is 2.16. The van der Waals surface area contributed by atoms with Gasteiger partial charge in [0.15, 0.2) is 0 Å². The minimum absolute atomic E-state index is 0.100. The van der Waals surface area contributed by atoms with Crippen molar-refractivity contribution in [3.8, 4) is 11.8 Å². The lowest BCUT2D eigenvalue weighted by Gasteiger charge is -2.27. The van der Waals surface area contributed by atoms with Crippen molar-refractivity contribution in [3.05, 3.63) is 52.2 Å². The Hall–Kier alpha value is -2.29. The van der Waals surface area contributed by atoms with Crippen LogP contribution in [0.3, 0.4) is 0 Å². The van der Waals surface area contributed by atoms with Crippen LogP contribution in [0.4, 0.5) is 5.69 Å². The minimum atomic E-state index is 0.100. The molecule has 1 aliphatic rings. The largest absolute Gasteiger partial charge is 0.378 e. The average molecular weight is 326 g/mol. The lowest BCUT2D eigenvalue weighted by molar-refractivity contribution is -0.133. The second-order valence-electron chi connectivity index (χ2n) is 5.15. The number of anilines is 1. The zero-order valence-electron chi connectivity index (χ0n) is 12.7. The van der Waals surface area contributed by atoms with Gasteiger partial charge in [0.25, 0.3) is 0 Å². The fraction of sp³-hybridized carbons (Fsp3) is 0.278. The van der Waals surface area contributed by atoms with E-state index in [-0.39, 0.29) is 5.91 Å². The van der Waals surface area contributed by atoms with Crippen LogP contribution < -0.4 is 5.32 Å². The van der Waals surface area contributed by atoms with E-state index < -0.39 is 0 Å². The Kier molecular flexibility index (Phi) is 5.30. The molecule has 2 heterocycles. The number of hydrogen-bond acceptors (Lipinski definition) is 4. The smallest absolute Gasteiger partial charge is 0.242 e. The van der Waals surface area contributed by atoms with Gasteiger partial charge in [-0.25, -0.2) is 0 Å². The maximum absolute atomic E-state index is 12.1. The standard InChI is InChI=1S/C18H18N2O2S/c21-18(20-8-10-22-11-9-20)14-19-16-4-1-3-15(13-16)6-7-17-5-2-12-23-17/h1-5,12-13,19H,8-11,14H2. The van der Waals surface area contributed by atoms with Gasteiger partial charge < -0.3 is 15.0 Å². The van der Waals surface area contributed by atoms with Crippen molar-refractivity contribution in [1.82, 2.24) is 4.90 Å². The molecule has 4 nitrogen and oxygen atoms in total. The first-order valence-corrected chi connectivity index (χ1v) is 8.44. The molecule has 5 heteroatoms. The van der Waals surface area contributed by atoms with Crippen molar-refractivity contribution in [2.24, 2.45) is 0 Å². The van der Waals surface area contributed by atoms with Gasteiger partial charge in [-0.15, -0.1) is 11.3 Å². The molecule has 0 saturated carbocycles. The molecule has 2 aromatic rings. The fourth-order valence-corrected chi connectivity index (χ4v) is 2.86. The lowest BCUT2D eigenvalue weighted by Crippen LogP contribution is -2.43. The van der Waals surface area contributed by atoms with E-state index in [1.54, 1.807) is 11.3 Å². The molecule has 0 aliphatic carbocycles. The highest BCUT2D eigenvalue weighted by molar-refractivity contribution is 7.10. The molecule has 118 valence electrons. The second-order valence-corrected chi connectivity index (χ2v) is 6.10. The highest BCUT2D eigenvalue weighted by atomic mass is 32.1. The van der Waals surface area contributed by atoms with Crippen LogP contribution in [0.25, 0.3) is 0 Å². The molecule has 1 fully saturated rings. The lowest BCUT2D eigenvalue weighted by atomic mass is 10.2. The summed E-state index contributed by atoms with van der Waals surface area (Å²) in [5.74, 6) is 6.38. The molecule has 1 aromatic carbocycles. The molecule has 0 bridgehead atoms. The van der Waals surface area contributed by atoms with Crippen LogP contribution in [0.2, 0.25) is 0 Å². The molecule has 1 amide bonds. The summed E-state index contributed by atoms with van der Waals surface area (Å²) >= 11 is 1.63. The van der Waals surface area contributed by atoms with E-state index in [1.165, 1.54) is 0 Å². The Balaban J connectivity index is 1.58. The Morgan fingerprint density at radius 3 is 2.87 bits per heavy atom. The summed E-state index contributed by atoms with van der Waals surface area (Å²) in [6, 6.07) is 11.8. The predicted octanol–water partition coefficient (Wildman–Crippen LogP) is 2.42. The van der Waals surface area contributed by atoms with Crippen LogP contribution >= 0.6 is 11.3 Å². The van der Waals surface area contributed by atoms with Gasteiger partial charge >= 0.3 is 0 Å². The molecule has 0 unspecified atom stereocenters. The van der Waals surface area contributed by atoms with Crippen molar-refractivity contribution in [2.75, 3.05) is 38.2 Å².